The fourth-order valence-electron chi connectivity index (χ4n) is 2.49. The number of rotatable bonds is 2. The third-order valence-corrected chi connectivity index (χ3v) is 3.68. The van der Waals surface area contributed by atoms with Gasteiger partial charge in [-0.1, -0.05) is 29.8 Å². The summed E-state index contributed by atoms with van der Waals surface area (Å²) in [5, 5.41) is 9.59. The van der Waals surface area contributed by atoms with Gasteiger partial charge in [-0.05, 0) is 41.0 Å². The smallest absolute Gasteiger partial charge is 0.0991 e. The van der Waals surface area contributed by atoms with Crippen molar-refractivity contribution in [1.82, 2.24) is 4.90 Å². The van der Waals surface area contributed by atoms with Gasteiger partial charge in [0.15, 0.2) is 0 Å². The molecule has 0 amide bonds. The van der Waals surface area contributed by atoms with E-state index >= 15 is 0 Å². The summed E-state index contributed by atoms with van der Waals surface area (Å²) in [6.45, 7) is 2.81. The summed E-state index contributed by atoms with van der Waals surface area (Å²) < 4.78 is 0. The van der Waals surface area contributed by atoms with Crippen LogP contribution < -0.4 is 0 Å². The van der Waals surface area contributed by atoms with Crippen molar-refractivity contribution in [3.8, 4) is 6.07 Å². The molecule has 19 heavy (non-hydrogen) atoms. The van der Waals surface area contributed by atoms with Crippen LogP contribution in [-0.4, -0.2) is 4.90 Å². The Balaban J connectivity index is 1.71. The average Bonchev–Trinajstić information content (AvgIpc) is 2.81. The Morgan fingerprint density at radius 3 is 2.53 bits per heavy atom. The van der Waals surface area contributed by atoms with E-state index < -0.39 is 0 Å². The fourth-order valence-corrected chi connectivity index (χ4v) is 2.68. The second-order valence-corrected chi connectivity index (χ2v) is 5.30. The molecule has 0 radical (unpaired) electrons. The van der Waals surface area contributed by atoms with Crippen LogP contribution in [0.5, 0.6) is 0 Å². The van der Waals surface area contributed by atoms with Crippen LogP contribution in [-0.2, 0) is 19.6 Å². The molecule has 0 fully saturated rings. The van der Waals surface area contributed by atoms with Crippen LogP contribution in [0.2, 0.25) is 5.02 Å². The summed E-state index contributed by atoms with van der Waals surface area (Å²) in [5.74, 6) is 0. The Hall–Kier alpha value is -1.82. The van der Waals surface area contributed by atoms with Gasteiger partial charge in [-0.15, -0.1) is 0 Å². The van der Waals surface area contributed by atoms with Crippen LogP contribution in [0, 0.1) is 11.3 Å². The first kappa shape index (κ1) is 12.2. The van der Waals surface area contributed by atoms with Crippen molar-refractivity contribution in [1.29, 1.82) is 5.26 Å². The molecule has 1 heterocycles. The molecule has 1 aliphatic heterocycles. The summed E-state index contributed by atoms with van der Waals surface area (Å²) in [6.07, 6.45) is 0. The zero-order valence-corrected chi connectivity index (χ0v) is 11.2. The van der Waals surface area contributed by atoms with Gasteiger partial charge in [-0.2, -0.15) is 5.26 Å². The van der Waals surface area contributed by atoms with Crippen molar-refractivity contribution in [3.05, 3.63) is 69.7 Å². The SMILES string of the molecule is N#Cc1ccc(CN2Cc3ccc(Cl)cc3C2)cc1. The number of nitriles is 1. The van der Waals surface area contributed by atoms with E-state index in [4.69, 9.17) is 16.9 Å². The van der Waals surface area contributed by atoms with Gasteiger partial charge < -0.3 is 0 Å². The highest BCUT2D eigenvalue weighted by molar-refractivity contribution is 6.30. The van der Waals surface area contributed by atoms with Gasteiger partial charge in [0.25, 0.3) is 0 Å². The van der Waals surface area contributed by atoms with E-state index in [1.165, 1.54) is 16.7 Å². The minimum Gasteiger partial charge on any atom is -0.291 e. The molecular weight excluding hydrogens is 256 g/mol. The molecule has 1 aliphatic rings. The molecule has 0 aliphatic carbocycles. The van der Waals surface area contributed by atoms with Crippen molar-refractivity contribution in [2.24, 2.45) is 0 Å². The van der Waals surface area contributed by atoms with Crippen molar-refractivity contribution >= 4 is 11.6 Å². The minimum absolute atomic E-state index is 0.709. The molecule has 0 atom stereocenters. The normalized spacial score (nSPS) is 14.1. The molecule has 94 valence electrons. The first-order chi connectivity index (χ1) is 9.24. The maximum absolute atomic E-state index is 8.78. The number of benzene rings is 2. The third-order valence-electron chi connectivity index (χ3n) is 3.45. The van der Waals surface area contributed by atoms with Crippen LogP contribution in [0.3, 0.4) is 0 Å². The van der Waals surface area contributed by atoms with Crippen LogP contribution in [0.4, 0.5) is 0 Å². The Labute approximate surface area is 117 Å². The number of hydrogen-bond acceptors (Lipinski definition) is 2. The molecule has 2 nitrogen and oxygen atoms in total. The molecule has 0 saturated heterocycles. The Morgan fingerprint density at radius 1 is 1.05 bits per heavy atom. The summed E-state index contributed by atoms with van der Waals surface area (Å²) in [6, 6.07) is 16.0. The molecule has 0 N–H and O–H groups in total. The fraction of sp³-hybridized carbons (Fsp3) is 0.188. The van der Waals surface area contributed by atoms with Crippen LogP contribution >= 0.6 is 11.6 Å². The van der Waals surface area contributed by atoms with Crippen molar-refractivity contribution in [2.75, 3.05) is 0 Å². The number of halogens is 1. The molecule has 2 aromatic carbocycles. The molecule has 2 aromatic rings. The van der Waals surface area contributed by atoms with E-state index in [-0.39, 0.29) is 0 Å². The van der Waals surface area contributed by atoms with Crippen LogP contribution in [0.25, 0.3) is 0 Å². The monoisotopic (exact) mass is 268 g/mol. The summed E-state index contributed by atoms with van der Waals surface area (Å²) in [5.41, 5.74) is 4.62. The molecule has 3 heteroatoms. The second kappa shape index (κ2) is 5.05. The first-order valence-electron chi connectivity index (χ1n) is 6.23. The maximum Gasteiger partial charge on any atom is 0.0991 e. The van der Waals surface area contributed by atoms with Gasteiger partial charge in [-0.25, -0.2) is 0 Å². The van der Waals surface area contributed by atoms with E-state index in [1.54, 1.807) is 0 Å². The van der Waals surface area contributed by atoms with Gasteiger partial charge in [0, 0.05) is 24.7 Å². The average molecular weight is 269 g/mol. The molecule has 0 aromatic heterocycles. The lowest BCUT2D eigenvalue weighted by Crippen LogP contribution is -2.15. The summed E-state index contributed by atoms with van der Waals surface area (Å²) in [4.78, 5) is 2.38. The Morgan fingerprint density at radius 2 is 1.79 bits per heavy atom. The van der Waals surface area contributed by atoms with E-state index in [9.17, 15) is 0 Å². The standard InChI is InChI=1S/C16H13ClN2/c17-16-6-5-14-10-19(11-15(14)7-16)9-13-3-1-12(8-18)2-4-13/h1-7H,9-11H2. The van der Waals surface area contributed by atoms with E-state index in [0.29, 0.717) is 5.56 Å². The lowest BCUT2D eigenvalue weighted by atomic mass is 10.1. The zero-order chi connectivity index (χ0) is 13.2. The first-order valence-corrected chi connectivity index (χ1v) is 6.61. The van der Waals surface area contributed by atoms with Crippen molar-refractivity contribution in [2.45, 2.75) is 19.6 Å². The topological polar surface area (TPSA) is 27.0 Å². The quantitative estimate of drug-likeness (QED) is 0.830. The van der Waals surface area contributed by atoms with E-state index in [0.717, 1.165) is 24.7 Å². The third kappa shape index (κ3) is 2.63. The summed E-state index contributed by atoms with van der Waals surface area (Å²) >= 11 is 6.02. The van der Waals surface area contributed by atoms with E-state index in [1.807, 2.05) is 30.3 Å². The second-order valence-electron chi connectivity index (χ2n) is 4.87. The molecule has 0 saturated carbocycles. The number of fused-ring (bicyclic) bond motifs is 1. The predicted octanol–water partition coefficient (Wildman–Crippen LogP) is 3.73. The minimum atomic E-state index is 0.709. The lowest BCUT2D eigenvalue weighted by molar-refractivity contribution is 0.275. The van der Waals surface area contributed by atoms with Crippen LogP contribution in [0.15, 0.2) is 42.5 Å². The highest BCUT2D eigenvalue weighted by atomic mass is 35.5. The zero-order valence-electron chi connectivity index (χ0n) is 10.4. The van der Waals surface area contributed by atoms with Crippen LogP contribution in [0.1, 0.15) is 22.3 Å². The number of hydrogen-bond donors (Lipinski definition) is 0. The van der Waals surface area contributed by atoms with E-state index in [2.05, 4.69) is 23.1 Å². The van der Waals surface area contributed by atoms with Gasteiger partial charge in [0.1, 0.15) is 0 Å². The Bertz CT molecular complexity index is 641. The predicted molar refractivity (Wildman–Crippen MR) is 75.6 cm³/mol. The summed E-state index contributed by atoms with van der Waals surface area (Å²) in [7, 11) is 0. The largest absolute Gasteiger partial charge is 0.291 e. The maximum atomic E-state index is 8.78. The van der Waals surface area contributed by atoms with Crippen molar-refractivity contribution < 1.29 is 0 Å². The Kier molecular flexibility index (Phi) is 3.25. The highest BCUT2D eigenvalue weighted by Gasteiger charge is 2.18. The lowest BCUT2D eigenvalue weighted by Gasteiger charge is -2.14. The molecule has 0 bridgehead atoms. The van der Waals surface area contributed by atoms with Crippen molar-refractivity contribution in [3.63, 3.8) is 0 Å². The molecule has 0 spiro atoms. The molecule has 3 rings (SSSR count). The number of nitrogens with zero attached hydrogens (tertiary/aromatic N) is 2. The van der Waals surface area contributed by atoms with Gasteiger partial charge in [0.05, 0.1) is 11.6 Å². The highest BCUT2D eigenvalue weighted by Crippen LogP contribution is 2.26. The molecule has 0 unspecified atom stereocenters. The molecular formula is C16H13ClN2. The van der Waals surface area contributed by atoms with Gasteiger partial charge in [0.2, 0.25) is 0 Å². The van der Waals surface area contributed by atoms with Gasteiger partial charge >= 0.3 is 0 Å². The van der Waals surface area contributed by atoms with Gasteiger partial charge in [-0.3, -0.25) is 4.90 Å².